The van der Waals surface area contributed by atoms with Crippen molar-refractivity contribution < 1.29 is 14.3 Å². The molecule has 3 rings (SSSR count). The molecule has 0 unspecified atom stereocenters. The zero-order valence-corrected chi connectivity index (χ0v) is 13.2. The van der Waals surface area contributed by atoms with Crippen molar-refractivity contribution in [3.8, 4) is 0 Å². The maximum absolute atomic E-state index is 12.5. The number of amides is 1. The van der Waals surface area contributed by atoms with Gasteiger partial charge in [-0.3, -0.25) is 14.5 Å². The topological polar surface area (TPSA) is 77.3 Å². The largest absolute Gasteiger partial charge is 0.461 e. The molecule has 0 fully saturated rings. The minimum Gasteiger partial charge on any atom is -0.461 e. The highest BCUT2D eigenvalue weighted by molar-refractivity contribution is 5.93. The molecule has 0 bridgehead atoms. The van der Waals surface area contributed by atoms with E-state index in [4.69, 9.17) is 4.74 Å². The number of nitrogens with zero attached hydrogens (tertiary/aromatic N) is 4. The fourth-order valence-corrected chi connectivity index (χ4v) is 2.78. The third kappa shape index (κ3) is 2.81. The second-order valence-electron chi connectivity index (χ2n) is 5.31. The van der Waals surface area contributed by atoms with E-state index in [2.05, 4.69) is 10.1 Å². The highest BCUT2D eigenvalue weighted by atomic mass is 16.5. The number of ether oxygens (including phenoxy) is 1. The summed E-state index contributed by atoms with van der Waals surface area (Å²) >= 11 is 0. The smallest absolute Gasteiger partial charge is 0.359 e. The van der Waals surface area contributed by atoms with Gasteiger partial charge in [-0.2, -0.15) is 5.10 Å². The van der Waals surface area contributed by atoms with Crippen LogP contribution in [0.5, 0.6) is 0 Å². The fraction of sp³-hybridized carbons (Fsp3) is 0.375. The van der Waals surface area contributed by atoms with Gasteiger partial charge < -0.3 is 9.64 Å². The Balaban J connectivity index is 1.88. The van der Waals surface area contributed by atoms with Crippen LogP contribution in [0.3, 0.4) is 0 Å². The van der Waals surface area contributed by atoms with Crippen molar-refractivity contribution in [1.82, 2.24) is 19.7 Å². The number of carbonyl (C=O) groups is 2. The highest BCUT2D eigenvalue weighted by Gasteiger charge is 2.30. The van der Waals surface area contributed by atoms with Crippen LogP contribution >= 0.6 is 0 Å². The van der Waals surface area contributed by atoms with E-state index in [0.717, 1.165) is 11.3 Å². The second kappa shape index (κ2) is 6.20. The number of fused-ring (bicyclic) bond motifs is 1. The lowest BCUT2D eigenvalue weighted by Gasteiger charge is -2.27. The van der Waals surface area contributed by atoms with Crippen LogP contribution in [0.4, 0.5) is 0 Å². The van der Waals surface area contributed by atoms with E-state index in [1.807, 2.05) is 0 Å². The van der Waals surface area contributed by atoms with Gasteiger partial charge >= 0.3 is 5.97 Å². The van der Waals surface area contributed by atoms with E-state index >= 15 is 0 Å². The summed E-state index contributed by atoms with van der Waals surface area (Å²) in [4.78, 5) is 30.4. The van der Waals surface area contributed by atoms with Crippen molar-refractivity contribution in [2.24, 2.45) is 7.05 Å². The van der Waals surface area contributed by atoms with Gasteiger partial charge in [-0.1, -0.05) is 6.07 Å². The molecule has 0 saturated carbocycles. The molecule has 0 aliphatic carbocycles. The number of aromatic nitrogens is 3. The van der Waals surface area contributed by atoms with Crippen LogP contribution < -0.4 is 0 Å². The van der Waals surface area contributed by atoms with E-state index in [0.29, 0.717) is 37.5 Å². The van der Waals surface area contributed by atoms with E-state index in [-0.39, 0.29) is 5.91 Å². The number of esters is 1. The summed E-state index contributed by atoms with van der Waals surface area (Å²) < 4.78 is 6.76. The van der Waals surface area contributed by atoms with Crippen LogP contribution in [0.2, 0.25) is 0 Å². The summed E-state index contributed by atoms with van der Waals surface area (Å²) in [5.41, 5.74) is 2.43. The van der Waals surface area contributed by atoms with Gasteiger partial charge in [-0.15, -0.1) is 0 Å². The summed E-state index contributed by atoms with van der Waals surface area (Å²) in [6, 6.07) is 5.24. The third-order valence-corrected chi connectivity index (χ3v) is 3.88. The van der Waals surface area contributed by atoms with Crippen LogP contribution in [0.15, 0.2) is 24.4 Å². The van der Waals surface area contributed by atoms with Crippen molar-refractivity contribution in [3.05, 3.63) is 47.0 Å². The summed E-state index contributed by atoms with van der Waals surface area (Å²) in [5, 5.41) is 4.27. The van der Waals surface area contributed by atoms with Gasteiger partial charge in [-0.05, 0) is 19.1 Å². The molecule has 2 aromatic rings. The van der Waals surface area contributed by atoms with Gasteiger partial charge in [0.05, 0.1) is 13.2 Å². The standard InChI is InChI=1S/C16H18N4O3/c1-3-23-16(22)14-11-10-20(9-7-13(11)19(2)18-14)15(21)12-6-4-5-8-17-12/h4-6,8H,3,7,9-10H2,1-2H3. The Morgan fingerprint density at radius 2 is 2.17 bits per heavy atom. The molecule has 0 atom stereocenters. The van der Waals surface area contributed by atoms with Crippen LogP contribution in [0, 0.1) is 0 Å². The monoisotopic (exact) mass is 314 g/mol. The van der Waals surface area contributed by atoms with E-state index in [9.17, 15) is 9.59 Å². The van der Waals surface area contributed by atoms with Crippen molar-refractivity contribution >= 4 is 11.9 Å². The minimum atomic E-state index is -0.448. The lowest BCUT2D eigenvalue weighted by Crippen LogP contribution is -2.37. The molecule has 120 valence electrons. The SMILES string of the molecule is CCOC(=O)c1nn(C)c2c1CN(C(=O)c1ccccn1)CC2. The number of carbonyl (C=O) groups excluding carboxylic acids is 2. The molecule has 0 spiro atoms. The van der Waals surface area contributed by atoms with Gasteiger partial charge in [0.2, 0.25) is 0 Å². The Labute approximate surface area is 133 Å². The molecule has 7 heteroatoms. The van der Waals surface area contributed by atoms with Crippen molar-refractivity contribution in [2.45, 2.75) is 19.9 Å². The first kappa shape index (κ1) is 15.2. The predicted octanol–water partition coefficient (Wildman–Crippen LogP) is 1.19. The average Bonchev–Trinajstić information content (AvgIpc) is 2.92. The number of pyridine rings is 1. The van der Waals surface area contributed by atoms with Crippen LogP contribution in [0.1, 0.15) is 39.2 Å². The minimum absolute atomic E-state index is 0.144. The van der Waals surface area contributed by atoms with Crippen LogP contribution in [-0.2, 0) is 24.8 Å². The van der Waals surface area contributed by atoms with Gasteiger partial charge in [0.15, 0.2) is 5.69 Å². The third-order valence-electron chi connectivity index (χ3n) is 3.88. The number of rotatable bonds is 3. The first-order valence-corrected chi connectivity index (χ1v) is 7.54. The lowest BCUT2D eigenvalue weighted by atomic mass is 10.0. The zero-order valence-electron chi connectivity index (χ0n) is 13.2. The fourth-order valence-electron chi connectivity index (χ4n) is 2.78. The quantitative estimate of drug-likeness (QED) is 0.795. The van der Waals surface area contributed by atoms with Gasteiger partial charge in [-0.25, -0.2) is 4.79 Å². The molecule has 1 aliphatic heterocycles. The van der Waals surface area contributed by atoms with Gasteiger partial charge in [0, 0.05) is 37.5 Å². The summed E-state index contributed by atoms with van der Waals surface area (Å²) in [6.45, 7) is 2.96. The second-order valence-corrected chi connectivity index (χ2v) is 5.31. The number of aryl methyl sites for hydroxylation is 1. The molecule has 0 aromatic carbocycles. The predicted molar refractivity (Wildman–Crippen MR) is 81.8 cm³/mol. The normalized spacial score (nSPS) is 13.6. The Hall–Kier alpha value is -2.70. The van der Waals surface area contributed by atoms with Crippen LogP contribution in [-0.4, -0.2) is 44.7 Å². The molecule has 3 heterocycles. The molecule has 0 saturated heterocycles. The maximum Gasteiger partial charge on any atom is 0.359 e. The van der Waals surface area contributed by atoms with Crippen molar-refractivity contribution in [1.29, 1.82) is 0 Å². The Kier molecular flexibility index (Phi) is 4.10. The van der Waals surface area contributed by atoms with Gasteiger partial charge in [0.25, 0.3) is 5.91 Å². The van der Waals surface area contributed by atoms with Gasteiger partial charge in [0.1, 0.15) is 5.69 Å². The lowest BCUT2D eigenvalue weighted by molar-refractivity contribution is 0.0513. The maximum atomic E-state index is 12.5. The first-order chi connectivity index (χ1) is 11.1. The number of hydrogen-bond acceptors (Lipinski definition) is 5. The number of hydrogen-bond donors (Lipinski definition) is 0. The molecular weight excluding hydrogens is 296 g/mol. The Morgan fingerprint density at radius 1 is 1.35 bits per heavy atom. The highest BCUT2D eigenvalue weighted by Crippen LogP contribution is 2.23. The summed E-state index contributed by atoms with van der Waals surface area (Å²) in [5.74, 6) is -0.591. The Morgan fingerprint density at radius 3 is 2.87 bits per heavy atom. The average molecular weight is 314 g/mol. The zero-order chi connectivity index (χ0) is 16.4. The molecule has 23 heavy (non-hydrogen) atoms. The molecule has 0 radical (unpaired) electrons. The van der Waals surface area contributed by atoms with Crippen molar-refractivity contribution in [3.63, 3.8) is 0 Å². The summed E-state index contributed by atoms with van der Waals surface area (Å²) in [6.07, 6.45) is 2.24. The first-order valence-electron chi connectivity index (χ1n) is 7.54. The molecule has 2 aromatic heterocycles. The Bertz CT molecular complexity index is 739. The molecular formula is C16H18N4O3. The van der Waals surface area contributed by atoms with E-state index in [1.54, 1.807) is 47.9 Å². The van der Waals surface area contributed by atoms with E-state index < -0.39 is 5.97 Å². The molecule has 1 amide bonds. The van der Waals surface area contributed by atoms with E-state index in [1.165, 1.54) is 0 Å². The van der Waals surface area contributed by atoms with Crippen LogP contribution in [0.25, 0.3) is 0 Å². The van der Waals surface area contributed by atoms with Crippen molar-refractivity contribution in [2.75, 3.05) is 13.2 Å². The summed E-state index contributed by atoms with van der Waals surface area (Å²) in [7, 11) is 1.80. The molecule has 1 aliphatic rings. The molecule has 7 nitrogen and oxygen atoms in total. The molecule has 0 N–H and O–H groups in total.